The van der Waals surface area contributed by atoms with Crippen LogP contribution in [0.1, 0.15) is 68.4 Å². The first-order chi connectivity index (χ1) is 16.9. The number of ketones is 1. The molecule has 0 saturated carbocycles. The number of rotatable bonds is 2. The average Bonchev–Trinajstić information content (AvgIpc) is 3.15. The Balaban J connectivity index is 1.55. The lowest BCUT2D eigenvalue weighted by Gasteiger charge is -2.43. The molecule has 2 heterocycles. The summed E-state index contributed by atoms with van der Waals surface area (Å²) >= 11 is 6.15. The number of nitrogens with zero attached hydrogens (tertiary/aromatic N) is 1. The highest BCUT2D eigenvalue weighted by Gasteiger charge is 2.61. The normalized spacial score (nSPS) is 24.9. The van der Waals surface area contributed by atoms with Crippen LogP contribution in [0.15, 0.2) is 30.3 Å². The van der Waals surface area contributed by atoms with Gasteiger partial charge in [0.1, 0.15) is 18.0 Å². The summed E-state index contributed by atoms with van der Waals surface area (Å²) in [5, 5.41) is 11.1. The van der Waals surface area contributed by atoms with Crippen molar-refractivity contribution in [2.45, 2.75) is 77.2 Å². The number of carboxylic acids is 1. The maximum absolute atomic E-state index is 13.9. The second-order valence-corrected chi connectivity index (χ2v) is 11.5. The first-order valence-corrected chi connectivity index (χ1v) is 12.7. The molecule has 1 aliphatic carbocycles. The van der Waals surface area contributed by atoms with E-state index in [9.17, 15) is 19.5 Å². The van der Waals surface area contributed by atoms with Crippen molar-refractivity contribution >= 4 is 29.4 Å². The van der Waals surface area contributed by atoms with Gasteiger partial charge in [-0.3, -0.25) is 9.69 Å². The fourth-order valence-electron chi connectivity index (χ4n) is 5.99. The molecule has 0 aromatic heterocycles. The Morgan fingerprint density at radius 2 is 1.86 bits per heavy atom. The van der Waals surface area contributed by atoms with E-state index in [0.717, 1.165) is 22.3 Å². The molecule has 36 heavy (non-hydrogen) atoms. The Bertz CT molecular complexity index is 1280. The SMILES string of the molecule is C[C@H]1CC[C@@](C(=O)O)(C2CCc3cc4c(cc3C2=O)OCc2cc(Cl)ccc2-4)N1C(=O)OC(C)(C)C. The van der Waals surface area contributed by atoms with Gasteiger partial charge in [-0.15, -0.1) is 0 Å². The fraction of sp³-hybridized carbons (Fsp3) is 0.464. The Hall–Kier alpha value is -3.06. The zero-order chi connectivity index (χ0) is 26.0. The largest absolute Gasteiger partial charge is 0.488 e. The molecule has 0 radical (unpaired) electrons. The van der Waals surface area contributed by atoms with Gasteiger partial charge in [-0.1, -0.05) is 17.7 Å². The van der Waals surface area contributed by atoms with Gasteiger partial charge in [-0.25, -0.2) is 9.59 Å². The second kappa shape index (κ2) is 8.51. The lowest BCUT2D eigenvalue weighted by atomic mass is 9.70. The maximum Gasteiger partial charge on any atom is 0.411 e. The molecule has 5 rings (SSSR count). The molecular formula is C28H30ClNO6. The molecule has 1 amide bonds. The van der Waals surface area contributed by atoms with Crippen molar-refractivity contribution in [2.75, 3.05) is 0 Å². The van der Waals surface area contributed by atoms with Crippen molar-refractivity contribution in [2.24, 2.45) is 5.92 Å². The Labute approximate surface area is 215 Å². The van der Waals surface area contributed by atoms with E-state index in [4.69, 9.17) is 21.1 Å². The molecule has 2 aliphatic heterocycles. The van der Waals surface area contributed by atoms with Crippen molar-refractivity contribution in [1.82, 2.24) is 4.90 Å². The molecular weight excluding hydrogens is 482 g/mol. The second-order valence-electron chi connectivity index (χ2n) is 11.0. The summed E-state index contributed by atoms with van der Waals surface area (Å²) < 4.78 is 11.6. The van der Waals surface area contributed by atoms with Gasteiger partial charge in [-0.05, 0) is 94.3 Å². The highest BCUT2D eigenvalue weighted by atomic mass is 35.5. The molecule has 3 aliphatic rings. The van der Waals surface area contributed by atoms with Gasteiger partial charge in [0.25, 0.3) is 0 Å². The molecule has 1 fully saturated rings. The number of fused-ring (bicyclic) bond motifs is 4. The molecule has 0 spiro atoms. The number of ether oxygens (including phenoxy) is 2. The molecule has 0 bridgehead atoms. The van der Waals surface area contributed by atoms with E-state index in [1.54, 1.807) is 26.8 Å². The molecule has 2 aromatic rings. The summed E-state index contributed by atoms with van der Waals surface area (Å²) in [6.07, 6.45) is 0.835. The third-order valence-electron chi connectivity index (χ3n) is 7.58. The van der Waals surface area contributed by atoms with Gasteiger partial charge in [0.2, 0.25) is 0 Å². The van der Waals surface area contributed by atoms with Crippen LogP contribution in [0.4, 0.5) is 4.79 Å². The van der Waals surface area contributed by atoms with E-state index in [-0.39, 0.29) is 18.2 Å². The molecule has 1 N–H and O–H groups in total. The standard InChI is InChI=1S/C28H30ClNO6/c1-15-9-10-28(25(32)33,30(15)26(34)36-27(2,3)4)22-8-5-16-12-21-19-7-6-18(29)11-17(19)14-35-23(21)13-20(16)24(22)31/h6-7,11-13,15,22H,5,8-10,14H2,1-4H3,(H,32,33)/t15-,22?,28-/m0/s1. The van der Waals surface area contributed by atoms with E-state index in [1.807, 2.05) is 31.2 Å². The number of carbonyl (C=O) groups excluding carboxylic acids is 2. The zero-order valence-corrected chi connectivity index (χ0v) is 21.6. The zero-order valence-electron chi connectivity index (χ0n) is 20.9. The Morgan fingerprint density at radius 3 is 2.56 bits per heavy atom. The van der Waals surface area contributed by atoms with Crippen LogP contribution in [0.5, 0.6) is 5.75 Å². The molecule has 1 saturated heterocycles. The summed E-state index contributed by atoms with van der Waals surface area (Å²) in [6.45, 7) is 7.37. The Kier molecular flexibility index (Phi) is 5.82. The third kappa shape index (κ3) is 3.84. The number of amides is 1. The molecule has 2 aromatic carbocycles. The monoisotopic (exact) mass is 511 g/mol. The van der Waals surface area contributed by atoms with E-state index in [2.05, 4.69) is 0 Å². The number of hydrogen-bond donors (Lipinski definition) is 1. The highest BCUT2D eigenvalue weighted by molar-refractivity contribution is 6.30. The number of carbonyl (C=O) groups is 3. The minimum Gasteiger partial charge on any atom is -0.488 e. The molecule has 190 valence electrons. The van der Waals surface area contributed by atoms with E-state index < -0.39 is 29.1 Å². The fourth-order valence-corrected chi connectivity index (χ4v) is 6.19. The number of aliphatic carboxylic acids is 1. The van der Waals surface area contributed by atoms with Crippen molar-refractivity contribution in [1.29, 1.82) is 0 Å². The Morgan fingerprint density at radius 1 is 1.11 bits per heavy atom. The van der Waals surface area contributed by atoms with Crippen LogP contribution >= 0.6 is 11.6 Å². The first-order valence-electron chi connectivity index (χ1n) is 12.3. The van der Waals surface area contributed by atoms with Gasteiger partial charge < -0.3 is 14.6 Å². The van der Waals surface area contributed by atoms with Gasteiger partial charge in [0, 0.05) is 22.2 Å². The van der Waals surface area contributed by atoms with Gasteiger partial charge in [0.15, 0.2) is 11.3 Å². The predicted octanol–water partition coefficient (Wildman–Crippen LogP) is 5.89. The molecule has 7 nitrogen and oxygen atoms in total. The summed E-state index contributed by atoms with van der Waals surface area (Å²) in [7, 11) is 0. The predicted molar refractivity (Wildman–Crippen MR) is 134 cm³/mol. The number of Topliss-reactive ketones (excluding diaryl/α,β-unsaturated/α-hetero) is 1. The highest BCUT2D eigenvalue weighted by Crippen LogP contribution is 2.48. The van der Waals surface area contributed by atoms with Gasteiger partial charge in [0.05, 0.1) is 5.92 Å². The summed E-state index contributed by atoms with van der Waals surface area (Å²) in [6, 6.07) is 9.02. The maximum atomic E-state index is 13.9. The van der Waals surface area contributed by atoms with Crippen LogP contribution in [-0.4, -0.2) is 45.0 Å². The number of benzene rings is 2. The quantitative estimate of drug-likeness (QED) is 0.540. The molecule has 8 heteroatoms. The number of halogens is 1. The van der Waals surface area contributed by atoms with Gasteiger partial charge in [-0.2, -0.15) is 0 Å². The lowest BCUT2D eigenvalue weighted by molar-refractivity contribution is -0.153. The minimum absolute atomic E-state index is 0.198. The van der Waals surface area contributed by atoms with E-state index in [0.29, 0.717) is 42.2 Å². The van der Waals surface area contributed by atoms with Gasteiger partial charge >= 0.3 is 12.1 Å². The van der Waals surface area contributed by atoms with Crippen LogP contribution in [0.2, 0.25) is 5.02 Å². The minimum atomic E-state index is -1.66. The average molecular weight is 512 g/mol. The topological polar surface area (TPSA) is 93.1 Å². The lowest BCUT2D eigenvalue weighted by Crippen LogP contribution is -2.62. The summed E-state index contributed by atoms with van der Waals surface area (Å²) in [5.41, 5.74) is 1.77. The van der Waals surface area contributed by atoms with Crippen LogP contribution in [-0.2, 0) is 22.6 Å². The first kappa shape index (κ1) is 24.6. The number of hydrogen-bond acceptors (Lipinski definition) is 5. The van der Waals surface area contributed by atoms with Crippen LogP contribution in [0.25, 0.3) is 11.1 Å². The van der Waals surface area contributed by atoms with Crippen molar-refractivity contribution in [3.05, 3.63) is 52.0 Å². The van der Waals surface area contributed by atoms with Crippen molar-refractivity contribution in [3.8, 4) is 16.9 Å². The molecule has 1 unspecified atom stereocenters. The molecule has 3 atom stereocenters. The van der Waals surface area contributed by atoms with E-state index >= 15 is 0 Å². The summed E-state index contributed by atoms with van der Waals surface area (Å²) in [4.78, 5) is 41.3. The van der Waals surface area contributed by atoms with Crippen molar-refractivity contribution in [3.63, 3.8) is 0 Å². The van der Waals surface area contributed by atoms with Crippen LogP contribution in [0, 0.1) is 5.92 Å². The number of aryl methyl sites for hydroxylation is 1. The summed E-state index contributed by atoms with van der Waals surface area (Å²) in [5.74, 6) is -1.73. The van der Waals surface area contributed by atoms with Crippen LogP contribution < -0.4 is 4.74 Å². The number of carboxylic acid groups (broad SMARTS) is 1. The van der Waals surface area contributed by atoms with Crippen LogP contribution in [0.3, 0.4) is 0 Å². The number of likely N-dealkylation sites (tertiary alicyclic amines) is 1. The third-order valence-corrected chi connectivity index (χ3v) is 7.82. The van der Waals surface area contributed by atoms with Crippen molar-refractivity contribution < 1.29 is 29.0 Å². The smallest absolute Gasteiger partial charge is 0.411 e. The van der Waals surface area contributed by atoms with E-state index in [1.165, 1.54) is 4.90 Å².